The zero-order chi connectivity index (χ0) is 23.1. The van der Waals surface area contributed by atoms with Gasteiger partial charge in [-0.25, -0.2) is 4.79 Å². The smallest absolute Gasteiger partial charge is 0.352 e. The molecule has 0 atom stereocenters. The van der Waals surface area contributed by atoms with Crippen LogP contribution >= 0.6 is 15.9 Å². The molecule has 0 saturated heterocycles. The Kier molecular flexibility index (Phi) is 7.35. The van der Waals surface area contributed by atoms with Crippen LogP contribution in [0.3, 0.4) is 0 Å². The Morgan fingerprint density at radius 1 is 1.00 bits per heavy atom. The van der Waals surface area contributed by atoms with E-state index in [1.165, 1.54) is 36.5 Å². The fourth-order valence-electron chi connectivity index (χ4n) is 2.74. The first kappa shape index (κ1) is 22.7. The zero-order valence-corrected chi connectivity index (χ0v) is 18.2. The second kappa shape index (κ2) is 10.4. The van der Waals surface area contributed by atoms with Crippen molar-refractivity contribution in [1.82, 2.24) is 15.6 Å². The third-order valence-corrected chi connectivity index (χ3v) is 4.95. The Bertz CT molecular complexity index is 1200. The molecule has 3 aromatic rings. The summed E-state index contributed by atoms with van der Waals surface area (Å²) in [4.78, 5) is 40.6. The van der Waals surface area contributed by atoms with Gasteiger partial charge in [0.25, 0.3) is 11.8 Å². The summed E-state index contributed by atoms with van der Waals surface area (Å²) in [5.74, 6) is -2.24. The van der Waals surface area contributed by atoms with Crippen molar-refractivity contribution in [1.29, 1.82) is 0 Å². The van der Waals surface area contributed by atoms with Crippen molar-refractivity contribution >= 4 is 39.8 Å². The van der Waals surface area contributed by atoms with Crippen molar-refractivity contribution in [3.8, 4) is 5.75 Å². The van der Waals surface area contributed by atoms with E-state index in [-0.39, 0.29) is 29.5 Å². The van der Waals surface area contributed by atoms with Crippen molar-refractivity contribution in [2.45, 2.75) is 6.54 Å². The molecule has 0 saturated carbocycles. The molecule has 1 heterocycles. The molecule has 0 aliphatic carbocycles. The average molecular weight is 496 g/mol. The number of phenols is 1. The predicted molar refractivity (Wildman–Crippen MR) is 121 cm³/mol. The molecular weight excluding hydrogens is 478 g/mol. The van der Waals surface area contributed by atoms with Crippen molar-refractivity contribution in [3.05, 3.63) is 99.4 Å². The number of nitrogens with zero attached hydrogens (tertiary/aromatic N) is 1. The first-order valence-electron chi connectivity index (χ1n) is 9.36. The highest BCUT2D eigenvalue weighted by Crippen LogP contribution is 2.20. The summed E-state index contributed by atoms with van der Waals surface area (Å²) in [6, 6.07) is 15.9. The van der Waals surface area contributed by atoms with E-state index in [4.69, 9.17) is 0 Å². The highest BCUT2D eigenvalue weighted by atomic mass is 79.9. The minimum absolute atomic E-state index is 0.104. The molecule has 0 unspecified atom stereocenters. The lowest BCUT2D eigenvalue weighted by atomic mass is 10.1. The van der Waals surface area contributed by atoms with E-state index in [2.05, 4.69) is 31.5 Å². The van der Waals surface area contributed by atoms with E-state index >= 15 is 0 Å². The van der Waals surface area contributed by atoms with Gasteiger partial charge in [-0.2, -0.15) is 0 Å². The van der Waals surface area contributed by atoms with Crippen LogP contribution in [0.1, 0.15) is 32.0 Å². The van der Waals surface area contributed by atoms with Crippen molar-refractivity contribution in [3.63, 3.8) is 0 Å². The molecule has 0 spiro atoms. The van der Waals surface area contributed by atoms with E-state index in [0.29, 0.717) is 15.7 Å². The van der Waals surface area contributed by atoms with E-state index in [0.717, 1.165) is 5.56 Å². The van der Waals surface area contributed by atoms with Crippen molar-refractivity contribution < 1.29 is 24.6 Å². The molecular formula is C23H18BrN3O5. The summed E-state index contributed by atoms with van der Waals surface area (Å²) < 4.78 is 0.322. The number of carboxylic acid groups (broad SMARTS) is 1. The van der Waals surface area contributed by atoms with Gasteiger partial charge in [0, 0.05) is 22.8 Å². The number of amides is 2. The summed E-state index contributed by atoms with van der Waals surface area (Å²) in [6.45, 7) is 0.216. The zero-order valence-electron chi connectivity index (χ0n) is 16.6. The molecule has 0 bridgehead atoms. The van der Waals surface area contributed by atoms with Gasteiger partial charge in [0.15, 0.2) is 0 Å². The number of aliphatic carboxylic acids is 1. The van der Waals surface area contributed by atoms with E-state index in [1.807, 2.05) is 0 Å². The topological polar surface area (TPSA) is 129 Å². The average Bonchev–Trinajstić information content (AvgIpc) is 2.77. The van der Waals surface area contributed by atoms with Crippen molar-refractivity contribution in [2.75, 3.05) is 0 Å². The second-order valence-electron chi connectivity index (χ2n) is 6.62. The molecule has 8 nitrogen and oxygen atoms in total. The number of rotatable bonds is 7. The number of hydrogen-bond acceptors (Lipinski definition) is 5. The fourth-order valence-corrected chi connectivity index (χ4v) is 3.30. The predicted octanol–water partition coefficient (Wildman–Crippen LogP) is 3.34. The monoisotopic (exact) mass is 495 g/mol. The van der Waals surface area contributed by atoms with Crippen LogP contribution in [0, 0.1) is 0 Å². The summed E-state index contributed by atoms with van der Waals surface area (Å²) >= 11 is 3.26. The molecule has 0 radical (unpaired) electrons. The van der Waals surface area contributed by atoms with Crippen LogP contribution in [0.4, 0.5) is 0 Å². The summed E-state index contributed by atoms with van der Waals surface area (Å²) in [5, 5.41) is 24.0. The number of carbonyl (C=O) groups excluding carboxylic acids is 2. The molecule has 0 aliphatic heterocycles. The van der Waals surface area contributed by atoms with Gasteiger partial charge in [0.1, 0.15) is 11.4 Å². The molecule has 1 aromatic heterocycles. The van der Waals surface area contributed by atoms with Crippen LogP contribution in [0.5, 0.6) is 5.75 Å². The molecule has 9 heteroatoms. The molecule has 0 fully saturated rings. The van der Waals surface area contributed by atoms with Gasteiger partial charge in [-0.1, -0.05) is 18.2 Å². The number of pyridine rings is 1. The first-order chi connectivity index (χ1) is 15.3. The Hall–Kier alpha value is -3.98. The minimum Gasteiger partial charge on any atom is -0.508 e. The Labute approximate surface area is 191 Å². The normalized spacial score (nSPS) is 11.0. The van der Waals surface area contributed by atoms with Gasteiger partial charge < -0.3 is 20.8 Å². The molecule has 3 rings (SSSR count). The summed E-state index contributed by atoms with van der Waals surface area (Å²) in [6.07, 6.45) is 2.76. The Balaban J connectivity index is 1.70. The molecule has 0 aliphatic rings. The lowest BCUT2D eigenvalue weighted by Gasteiger charge is -2.10. The number of hydrogen-bond donors (Lipinski definition) is 4. The van der Waals surface area contributed by atoms with Crippen LogP contribution < -0.4 is 10.6 Å². The van der Waals surface area contributed by atoms with E-state index < -0.39 is 11.9 Å². The third-order valence-electron chi connectivity index (χ3n) is 4.30. The Morgan fingerprint density at radius 3 is 2.47 bits per heavy atom. The first-order valence-corrected chi connectivity index (χ1v) is 10.2. The number of aromatic hydroxyl groups is 1. The second-order valence-corrected chi connectivity index (χ2v) is 7.47. The molecule has 2 aromatic carbocycles. The standard InChI is InChI=1S/C23H18BrN3O5/c24-19-11-15(21(29)26-13-14-4-3-6-17(28)10-14)7-8-18(19)22(30)27-20(23(31)32)12-16-5-1-2-9-25-16/h1-12,28H,13H2,(H,26,29)(H,27,30)(H,31,32). The van der Waals surface area contributed by atoms with E-state index in [9.17, 15) is 24.6 Å². The summed E-state index contributed by atoms with van der Waals surface area (Å²) in [7, 11) is 0. The van der Waals surface area contributed by atoms with Gasteiger partial charge in [-0.15, -0.1) is 0 Å². The van der Waals surface area contributed by atoms with Crippen molar-refractivity contribution in [2.24, 2.45) is 0 Å². The largest absolute Gasteiger partial charge is 0.508 e. The van der Waals surface area contributed by atoms with E-state index in [1.54, 1.807) is 36.4 Å². The van der Waals surface area contributed by atoms with Crippen LogP contribution in [0.15, 0.2) is 77.0 Å². The van der Waals surface area contributed by atoms with Crippen LogP contribution in [-0.2, 0) is 11.3 Å². The third kappa shape index (κ3) is 6.02. The molecule has 2 amide bonds. The molecule has 162 valence electrons. The fraction of sp³-hybridized carbons (Fsp3) is 0.0435. The SMILES string of the molecule is O=C(O)C(=Cc1ccccn1)NC(=O)c1ccc(C(=O)NCc2cccc(O)c2)cc1Br. The lowest BCUT2D eigenvalue weighted by Crippen LogP contribution is -2.28. The van der Waals surface area contributed by atoms with Gasteiger partial charge >= 0.3 is 5.97 Å². The highest BCUT2D eigenvalue weighted by molar-refractivity contribution is 9.10. The number of benzene rings is 2. The Morgan fingerprint density at radius 2 is 1.81 bits per heavy atom. The molecule has 4 N–H and O–H groups in total. The lowest BCUT2D eigenvalue weighted by molar-refractivity contribution is -0.132. The number of phenolic OH excluding ortho intramolecular Hbond substituents is 1. The summed E-state index contributed by atoms with van der Waals surface area (Å²) in [5.41, 5.74) is 1.23. The van der Waals surface area contributed by atoms with Gasteiger partial charge in [-0.3, -0.25) is 14.6 Å². The maximum Gasteiger partial charge on any atom is 0.352 e. The number of aromatic nitrogens is 1. The number of carbonyl (C=O) groups is 3. The number of carboxylic acids is 1. The van der Waals surface area contributed by atoms with Crippen LogP contribution in [0.25, 0.3) is 6.08 Å². The van der Waals surface area contributed by atoms with Gasteiger partial charge in [0.2, 0.25) is 0 Å². The molecule has 32 heavy (non-hydrogen) atoms. The quantitative estimate of drug-likeness (QED) is 0.372. The van der Waals surface area contributed by atoms with Gasteiger partial charge in [-0.05, 0) is 70.0 Å². The maximum absolute atomic E-state index is 12.6. The minimum atomic E-state index is -1.32. The van der Waals surface area contributed by atoms with Crippen LogP contribution in [-0.4, -0.2) is 33.0 Å². The van der Waals surface area contributed by atoms with Crippen LogP contribution in [0.2, 0.25) is 0 Å². The maximum atomic E-state index is 12.6. The number of nitrogens with one attached hydrogen (secondary N) is 2. The highest BCUT2D eigenvalue weighted by Gasteiger charge is 2.17. The van der Waals surface area contributed by atoms with Gasteiger partial charge in [0.05, 0.1) is 11.3 Å². The number of halogens is 1.